The van der Waals surface area contributed by atoms with E-state index in [1.165, 1.54) is 6.92 Å². The van der Waals surface area contributed by atoms with Gasteiger partial charge < -0.3 is 9.30 Å². The highest BCUT2D eigenvalue weighted by atomic mass is 32.2. The molecule has 1 atom stereocenters. The molecule has 32 heavy (non-hydrogen) atoms. The number of fused-ring (bicyclic) bond motifs is 1. The van der Waals surface area contributed by atoms with Crippen molar-refractivity contribution in [3.63, 3.8) is 0 Å². The molecule has 0 radical (unpaired) electrons. The number of nitrogens with zero attached hydrogens (tertiary/aromatic N) is 2. The van der Waals surface area contributed by atoms with Crippen LogP contribution in [0.25, 0.3) is 22.2 Å². The predicted octanol–water partition coefficient (Wildman–Crippen LogP) is 4.99. The summed E-state index contributed by atoms with van der Waals surface area (Å²) in [4.78, 5) is 17.5. The van der Waals surface area contributed by atoms with E-state index in [2.05, 4.69) is 9.55 Å². The fourth-order valence-corrected chi connectivity index (χ4v) is 6.70. The molecule has 0 N–H and O–H groups in total. The molecular formula is C24H27FN2O4S. The topological polar surface area (TPSA) is 78.3 Å². The van der Waals surface area contributed by atoms with E-state index < -0.39 is 21.6 Å². The van der Waals surface area contributed by atoms with E-state index in [-0.39, 0.29) is 29.8 Å². The van der Waals surface area contributed by atoms with Gasteiger partial charge in [-0.15, -0.1) is 0 Å². The van der Waals surface area contributed by atoms with Crippen LogP contribution < -0.4 is 4.74 Å². The highest BCUT2D eigenvalue weighted by Crippen LogP contribution is 2.38. The Hall–Kier alpha value is -2.74. The fourth-order valence-electron chi connectivity index (χ4n) is 4.45. The third-order valence-electron chi connectivity index (χ3n) is 5.71. The van der Waals surface area contributed by atoms with Gasteiger partial charge in [-0.05, 0) is 37.6 Å². The predicted molar refractivity (Wildman–Crippen MR) is 122 cm³/mol. The van der Waals surface area contributed by atoms with Crippen molar-refractivity contribution in [2.75, 3.05) is 11.5 Å². The van der Waals surface area contributed by atoms with Crippen LogP contribution in [-0.4, -0.2) is 41.6 Å². The molecule has 1 aromatic carbocycles. The lowest BCUT2D eigenvalue weighted by Gasteiger charge is -2.37. The largest absolute Gasteiger partial charge is 0.461 e. The lowest BCUT2D eigenvalue weighted by molar-refractivity contribution is 0.0860. The third kappa shape index (κ3) is 4.41. The van der Waals surface area contributed by atoms with Gasteiger partial charge in [0, 0.05) is 48.3 Å². The number of carbonyl (C=O) groups is 1. The Morgan fingerprint density at radius 1 is 1.25 bits per heavy atom. The van der Waals surface area contributed by atoms with Crippen molar-refractivity contribution in [1.29, 1.82) is 0 Å². The minimum atomic E-state index is -3.01. The molecule has 1 saturated heterocycles. The summed E-state index contributed by atoms with van der Waals surface area (Å²) in [5.74, 6) is 0.411. The van der Waals surface area contributed by atoms with Crippen molar-refractivity contribution in [3.8, 4) is 16.9 Å². The van der Waals surface area contributed by atoms with Crippen LogP contribution in [0.4, 0.5) is 4.39 Å². The molecule has 4 rings (SSSR count). The van der Waals surface area contributed by atoms with Gasteiger partial charge in [0.05, 0.1) is 22.5 Å². The number of aromatic nitrogens is 2. The first-order valence-electron chi connectivity index (χ1n) is 10.6. The summed E-state index contributed by atoms with van der Waals surface area (Å²) in [6, 6.07) is 9.14. The summed E-state index contributed by atoms with van der Waals surface area (Å²) in [6.45, 7) is 7.25. The molecule has 6 nitrogen and oxygen atoms in total. The third-order valence-corrected chi connectivity index (χ3v) is 7.99. The minimum Gasteiger partial charge on any atom is -0.461 e. The SMILES string of the molecule is CC(F)Oc1cccc(-c2cn(C(C)C)c3cc(C(=O)CC4(C)CS(=O)(=O)C4)cnc23)c1. The van der Waals surface area contributed by atoms with Gasteiger partial charge in [-0.2, -0.15) is 0 Å². The van der Waals surface area contributed by atoms with E-state index in [1.54, 1.807) is 24.4 Å². The smallest absolute Gasteiger partial charge is 0.235 e. The zero-order valence-corrected chi connectivity index (χ0v) is 19.4. The standard InChI is InChI=1S/C24H27FN2O4S/c1-15(2)27-12-20(17-6-5-7-19(8-17)31-16(3)25)23-21(27)9-18(11-26-23)22(28)10-24(4)13-32(29,30)14-24/h5-9,11-12,15-16H,10,13-14H2,1-4H3. The van der Waals surface area contributed by atoms with Crippen LogP contribution in [0.2, 0.25) is 0 Å². The molecule has 8 heteroatoms. The number of carbonyl (C=O) groups excluding carboxylic acids is 1. The number of Topliss-reactive ketones (excluding diaryl/α,β-unsaturated/α-hetero) is 1. The number of hydrogen-bond donors (Lipinski definition) is 0. The molecule has 3 heterocycles. The quantitative estimate of drug-likeness (QED) is 0.466. The number of ketones is 1. The number of rotatable bonds is 7. The number of alkyl halides is 1. The first kappa shape index (κ1) is 22.5. The second kappa shape index (κ2) is 7.99. The molecule has 0 spiro atoms. The van der Waals surface area contributed by atoms with E-state index >= 15 is 0 Å². The van der Waals surface area contributed by atoms with Gasteiger partial charge in [-0.3, -0.25) is 9.78 Å². The summed E-state index contributed by atoms with van der Waals surface area (Å²) >= 11 is 0. The maximum Gasteiger partial charge on any atom is 0.235 e. The Bertz CT molecular complexity index is 1280. The van der Waals surface area contributed by atoms with Gasteiger partial charge in [0.2, 0.25) is 6.36 Å². The molecule has 0 amide bonds. The second-order valence-corrected chi connectivity index (χ2v) is 11.3. The summed E-state index contributed by atoms with van der Waals surface area (Å²) in [6.07, 6.45) is 2.30. The Kier molecular flexibility index (Phi) is 5.61. The van der Waals surface area contributed by atoms with Crippen LogP contribution in [0.1, 0.15) is 50.5 Å². The maximum absolute atomic E-state index is 13.3. The van der Waals surface area contributed by atoms with Crippen molar-refractivity contribution >= 4 is 26.7 Å². The lowest BCUT2D eigenvalue weighted by Crippen LogP contribution is -2.47. The normalized spacial score (nSPS) is 17.8. The monoisotopic (exact) mass is 458 g/mol. The Balaban J connectivity index is 1.71. The molecule has 1 aliphatic heterocycles. The molecule has 0 bridgehead atoms. The minimum absolute atomic E-state index is 0.0455. The molecule has 2 aromatic heterocycles. The number of benzene rings is 1. The van der Waals surface area contributed by atoms with Crippen molar-refractivity contribution < 1.29 is 22.3 Å². The van der Waals surface area contributed by atoms with Gasteiger partial charge in [0.1, 0.15) is 5.75 Å². The number of pyridine rings is 1. The lowest BCUT2D eigenvalue weighted by atomic mass is 9.86. The first-order chi connectivity index (χ1) is 15.0. The summed E-state index contributed by atoms with van der Waals surface area (Å²) < 4.78 is 43.7. The van der Waals surface area contributed by atoms with E-state index in [4.69, 9.17) is 4.74 Å². The highest BCUT2D eigenvalue weighted by molar-refractivity contribution is 7.92. The second-order valence-electron chi connectivity index (χ2n) is 9.27. The zero-order valence-electron chi connectivity index (χ0n) is 18.6. The molecule has 0 saturated carbocycles. The van der Waals surface area contributed by atoms with E-state index in [1.807, 2.05) is 39.1 Å². The molecule has 1 fully saturated rings. The van der Waals surface area contributed by atoms with E-state index in [0.29, 0.717) is 11.3 Å². The van der Waals surface area contributed by atoms with E-state index in [9.17, 15) is 17.6 Å². The number of ether oxygens (including phenoxy) is 1. The molecule has 3 aromatic rings. The Labute approximate surface area is 187 Å². The molecule has 1 aliphatic rings. The van der Waals surface area contributed by atoms with Crippen molar-refractivity contribution in [2.24, 2.45) is 5.41 Å². The summed E-state index contributed by atoms with van der Waals surface area (Å²) in [5.41, 5.74) is 3.21. The van der Waals surface area contributed by atoms with Gasteiger partial charge in [-0.25, -0.2) is 12.8 Å². The van der Waals surface area contributed by atoms with Crippen LogP contribution in [0.15, 0.2) is 42.7 Å². The van der Waals surface area contributed by atoms with Crippen LogP contribution >= 0.6 is 0 Å². The van der Waals surface area contributed by atoms with Gasteiger partial charge in [-0.1, -0.05) is 19.1 Å². The molecule has 170 valence electrons. The Morgan fingerprint density at radius 3 is 2.59 bits per heavy atom. The molecule has 0 aliphatic carbocycles. The maximum atomic E-state index is 13.3. The van der Waals surface area contributed by atoms with Crippen molar-refractivity contribution in [2.45, 2.75) is 46.5 Å². The summed E-state index contributed by atoms with van der Waals surface area (Å²) in [5, 5.41) is 0. The van der Waals surface area contributed by atoms with Crippen LogP contribution in [0.5, 0.6) is 5.75 Å². The van der Waals surface area contributed by atoms with Gasteiger partial charge >= 0.3 is 0 Å². The first-order valence-corrected chi connectivity index (χ1v) is 12.4. The van der Waals surface area contributed by atoms with Crippen LogP contribution in [-0.2, 0) is 9.84 Å². The number of sulfone groups is 1. The zero-order chi connectivity index (χ0) is 23.3. The van der Waals surface area contributed by atoms with Crippen LogP contribution in [0.3, 0.4) is 0 Å². The fraction of sp³-hybridized carbons (Fsp3) is 0.417. The average Bonchev–Trinajstić information content (AvgIpc) is 3.05. The highest BCUT2D eigenvalue weighted by Gasteiger charge is 2.45. The molecule has 1 unspecified atom stereocenters. The van der Waals surface area contributed by atoms with Crippen LogP contribution in [0, 0.1) is 5.41 Å². The van der Waals surface area contributed by atoms with Crippen molar-refractivity contribution in [1.82, 2.24) is 9.55 Å². The summed E-state index contributed by atoms with van der Waals surface area (Å²) in [7, 11) is -3.01. The van der Waals surface area contributed by atoms with Crippen molar-refractivity contribution in [3.05, 3.63) is 48.3 Å². The van der Waals surface area contributed by atoms with E-state index in [0.717, 1.165) is 22.2 Å². The molecular weight excluding hydrogens is 431 g/mol. The van der Waals surface area contributed by atoms with Gasteiger partial charge in [0.25, 0.3) is 0 Å². The number of hydrogen-bond acceptors (Lipinski definition) is 5. The average molecular weight is 459 g/mol. The number of halogens is 1. The Morgan fingerprint density at radius 2 is 1.97 bits per heavy atom. The van der Waals surface area contributed by atoms with Gasteiger partial charge in [0.15, 0.2) is 15.6 Å².